The molecular formula is C8H3ClFIO2. The topological polar surface area (TPSA) is 22.4 Å². The summed E-state index contributed by atoms with van der Waals surface area (Å²) >= 11 is 7.44. The first kappa shape index (κ1) is 9.08. The summed E-state index contributed by atoms with van der Waals surface area (Å²) < 4.78 is 22.9. The Balaban J connectivity index is 2.82. The molecule has 5 heteroatoms. The van der Waals surface area contributed by atoms with E-state index < -0.39 is 5.82 Å². The fraction of sp³-hybridized carbons (Fsp3) is 0. The zero-order chi connectivity index (χ0) is 9.42. The lowest BCUT2D eigenvalue weighted by molar-refractivity contribution is 0.592. The molecule has 0 saturated carbocycles. The van der Waals surface area contributed by atoms with Gasteiger partial charge in [-0.25, -0.2) is 4.39 Å². The largest absolute Gasteiger partial charge is 0.459 e. The maximum atomic E-state index is 12.9. The maximum Gasteiger partial charge on any atom is 0.192 e. The van der Waals surface area contributed by atoms with E-state index in [1.165, 1.54) is 18.4 Å². The Morgan fingerprint density at radius 1 is 1.46 bits per heavy atom. The van der Waals surface area contributed by atoms with Crippen LogP contribution in [-0.4, -0.2) is 0 Å². The van der Waals surface area contributed by atoms with E-state index in [0.717, 1.165) is 0 Å². The summed E-state index contributed by atoms with van der Waals surface area (Å²) in [6.45, 7) is 0. The summed E-state index contributed by atoms with van der Waals surface area (Å²) in [4.78, 5) is 0. The van der Waals surface area contributed by atoms with Crippen LogP contribution in [0.25, 0.3) is 11.0 Å². The van der Waals surface area contributed by atoms with Crippen LogP contribution in [0.2, 0.25) is 5.02 Å². The second kappa shape index (κ2) is 3.34. The van der Waals surface area contributed by atoms with Gasteiger partial charge in [-0.3, -0.25) is 0 Å². The van der Waals surface area contributed by atoms with Gasteiger partial charge in [0.05, 0.1) is 10.4 Å². The quantitative estimate of drug-likeness (QED) is 0.744. The number of hydrogen-bond acceptors (Lipinski definition) is 2. The van der Waals surface area contributed by atoms with Crippen LogP contribution < -0.4 is 3.07 Å². The molecule has 0 N–H and O–H groups in total. The van der Waals surface area contributed by atoms with Crippen molar-refractivity contribution in [2.45, 2.75) is 0 Å². The smallest absolute Gasteiger partial charge is 0.192 e. The summed E-state index contributed by atoms with van der Waals surface area (Å²) in [6, 6.07) is 2.52. The molecule has 0 spiro atoms. The zero-order valence-corrected chi connectivity index (χ0v) is 9.10. The minimum Gasteiger partial charge on any atom is -0.459 e. The van der Waals surface area contributed by atoms with Crippen molar-refractivity contribution in [3.05, 3.63) is 29.2 Å². The molecule has 1 aromatic carbocycles. The monoisotopic (exact) mass is 312 g/mol. The van der Waals surface area contributed by atoms with E-state index in [1.54, 1.807) is 23.0 Å². The van der Waals surface area contributed by atoms with Gasteiger partial charge in [0.25, 0.3) is 0 Å². The van der Waals surface area contributed by atoms with Gasteiger partial charge < -0.3 is 7.48 Å². The first-order valence-corrected chi connectivity index (χ1v) is 4.63. The van der Waals surface area contributed by atoms with E-state index in [1.807, 2.05) is 0 Å². The molecule has 0 bridgehead atoms. The summed E-state index contributed by atoms with van der Waals surface area (Å²) in [5.41, 5.74) is 0.440. The van der Waals surface area contributed by atoms with E-state index in [4.69, 9.17) is 19.1 Å². The molecule has 68 valence electrons. The van der Waals surface area contributed by atoms with Gasteiger partial charge in [0, 0.05) is 0 Å². The van der Waals surface area contributed by atoms with E-state index in [0.29, 0.717) is 16.7 Å². The SMILES string of the molecule is Fc1cc(Cl)c2occ(OI)c2c1. The van der Waals surface area contributed by atoms with Crippen molar-refractivity contribution in [1.82, 2.24) is 0 Å². The minimum absolute atomic E-state index is 0.245. The minimum atomic E-state index is -0.409. The third-order valence-corrected chi connectivity index (χ3v) is 2.40. The number of halogens is 3. The summed E-state index contributed by atoms with van der Waals surface area (Å²) in [5.74, 6) is 0.0607. The Kier molecular flexibility index (Phi) is 2.33. The van der Waals surface area contributed by atoms with Gasteiger partial charge in [-0.1, -0.05) is 11.6 Å². The van der Waals surface area contributed by atoms with Crippen LogP contribution in [0.4, 0.5) is 4.39 Å². The molecule has 2 aromatic rings. The fourth-order valence-electron chi connectivity index (χ4n) is 1.10. The number of hydrogen-bond donors (Lipinski definition) is 0. The van der Waals surface area contributed by atoms with Crippen LogP contribution in [0.5, 0.6) is 5.75 Å². The molecule has 0 atom stereocenters. The molecule has 1 heterocycles. The van der Waals surface area contributed by atoms with Crippen molar-refractivity contribution in [3.63, 3.8) is 0 Å². The Bertz CT molecular complexity index is 455. The number of rotatable bonds is 1. The molecule has 2 rings (SSSR count). The number of furan rings is 1. The van der Waals surface area contributed by atoms with Crippen LogP contribution in [0.15, 0.2) is 22.8 Å². The Hall–Kier alpha value is -0.490. The molecule has 0 amide bonds. The van der Waals surface area contributed by atoms with Crippen LogP contribution in [-0.2, 0) is 0 Å². The van der Waals surface area contributed by atoms with Crippen molar-refractivity contribution >= 4 is 45.6 Å². The molecule has 0 radical (unpaired) electrons. The second-order valence-corrected chi connectivity index (χ2v) is 3.29. The van der Waals surface area contributed by atoms with Gasteiger partial charge in [-0.2, -0.15) is 0 Å². The molecule has 1 aromatic heterocycles. The lowest BCUT2D eigenvalue weighted by Crippen LogP contribution is -1.76. The predicted octanol–water partition coefficient (Wildman–Crippen LogP) is 3.95. The van der Waals surface area contributed by atoms with Crippen molar-refractivity contribution in [3.8, 4) is 5.75 Å². The predicted molar refractivity (Wildman–Crippen MR) is 55.8 cm³/mol. The lowest BCUT2D eigenvalue weighted by Gasteiger charge is -1.94. The Morgan fingerprint density at radius 2 is 2.23 bits per heavy atom. The normalized spacial score (nSPS) is 10.7. The van der Waals surface area contributed by atoms with Crippen LogP contribution in [0.1, 0.15) is 0 Å². The second-order valence-electron chi connectivity index (χ2n) is 2.44. The van der Waals surface area contributed by atoms with Gasteiger partial charge in [-0.15, -0.1) is 0 Å². The van der Waals surface area contributed by atoms with Gasteiger partial charge in [0.2, 0.25) is 0 Å². The van der Waals surface area contributed by atoms with Gasteiger partial charge in [-0.05, 0) is 12.1 Å². The Morgan fingerprint density at radius 3 is 2.92 bits per heavy atom. The standard InChI is InChI=1S/C8H3ClFIO2/c9-6-2-4(10)1-5-7(13-11)3-12-8(5)6/h1-3H. The van der Waals surface area contributed by atoms with E-state index in [2.05, 4.69) is 0 Å². The molecule has 0 fully saturated rings. The highest BCUT2D eigenvalue weighted by atomic mass is 127. The zero-order valence-electron chi connectivity index (χ0n) is 6.18. The molecule has 0 aliphatic heterocycles. The lowest BCUT2D eigenvalue weighted by atomic mass is 10.2. The summed E-state index contributed by atoms with van der Waals surface area (Å²) in [5, 5.41) is 0.786. The van der Waals surface area contributed by atoms with Crippen molar-refractivity contribution < 1.29 is 11.9 Å². The third-order valence-electron chi connectivity index (χ3n) is 1.64. The molecule has 0 aliphatic carbocycles. The highest BCUT2D eigenvalue weighted by Crippen LogP contribution is 2.34. The van der Waals surface area contributed by atoms with Gasteiger partial charge >= 0.3 is 0 Å². The molecule has 13 heavy (non-hydrogen) atoms. The molecule has 2 nitrogen and oxygen atoms in total. The third kappa shape index (κ3) is 1.48. The fourth-order valence-corrected chi connectivity index (χ4v) is 1.69. The molecule has 0 saturated heterocycles. The summed E-state index contributed by atoms with van der Waals surface area (Å²) in [7, 11) is 0. The van der Waals surface area contributed by atoms with E-state index >= 15 is 0 Å². The van der Waals surface area contributed by atoms with E-state index in [9.17, 15) is 4.39 Å². The van der Waals surface area contributed by atoms with Crippen LogP contribution in [0, 0.1) is 5.82 Å². The summed E-state index contributed by atoms with van der Waals surface area (Å²) in [6.07, 6.45) is 1.39. The van der Waals surface area contributed by atoms with Crippen molar-refractivity contribution in [1.29, 1.82) is 0 Å². The Labute approximate surface area is 92.3 Å². The number of benzene rings is 1. The van der Waals surface area contributed by atoms with E-state index in [-0.39, 0.29) is 5.02 Å². The first-order valence-electron chi connectivity index (χ1n) is 3.37. The van der Waals surface area contributed by atoms with Crippen molar-refractivity contribution in [2.75, 3.05) is 0 Å². The van der Waals surface area contributed by atoms with Crippen LogP contribution >= 0.6 is 34.6 Å². The highest BCUT2D eigenvalue weighted by Gasteiger charge is 2.11. The molecular weight excluding hydrogens is 309 g/mol. The first-order chi connectivity index (χ1) is 6.22. The van der Waals surface area contributed by atoms with Gasteiger partial charge in [0.1, 0.15) is 12.1 Å². The number of fused-ring (bicyclic) bond motifs is 1. The molecule has 0 aliphatic rings. The maximum absolute atomic E-state index is 12.9. The van der Waals surface area contributed by atoms with Crippen molar-refractivity contribution in [2.24, 2.45) is 0 Å². The highest BCUT2D eigenvalue weighted by molar-refractivity contribution is 14.1. The molecule has 0 unspecified atom stereocenters. The average molecular weight is 312 g/mol. The van der Waals surface area contributed by atoms with Crippen LogP contribution in [0.3, 0.4) is 0 Å². The average Bonchev–Trinajstić information content (AvgIpc) is 2.47. The van der Waals surface area contributed by atoms with Gasteiger partial charge in [0.15, 0.2) is 34.3 Å².